The number of hydrogen-bond acceptors (Lipinski definition) is 2. The van der Waals surface area contributed by atoms with Gasteiger partial charge in [-0.2, -0.15) is 0 Å². The number of carbonyl (C=O) groups is 1. The van der Waals surface area contributed by atoms with Gasteiger partial charge in [-0.05, 0) is 42.7 Å². The maximum Gasteiger partial charge on any atom is 0.259 e. The number of halogens is 1. The maximum absolute atomic E-state index is 12.3. The van der Waals surface area contributed by atoms with Crippen molar-refractivity contribution in [2.24, 2.45) is 0 Å². The number of phenols is 1. The summed E-state index contributed by atoms with van der Waals surface area (Å²) in [5.74, 6) is -0.345. The molecule has 0 spiro atoms. The van der Waals surface area contributed by atoms with Gasteiger partial charge in [0.05, 0.1) is 5.56 Å². The number of hydrogen-bond donors (Lipinski definition) is 2. The summed E-state index contributed by atoms with van der Waals surface area (Å²) in [5, 5.41) is 12.7. The molecule has 4 heteroatoms. The number of para-hydroxylation sites is 1. The number of anilines is 1. The molecule has 2 aromatic rings. The Morgan fingerprint density at radius 1 is 1.30 bits per heavy atom. The third-order valence-electron chi connectivity index (χ3n) is 3.18. The van der Waals surface area contributed by atoms with Gasteiger partial charge in [0.15, 0.2) is 0 Å². The smallest absolute Gasteiger partial charge is 0.259 e. The van der Waals surface area contributed by atoms with Crippen LogP contribution in [0, 0.1) is 6.92 Å². The van der Waals surface area contributed by atoms with Gasteiger partial charge in [-0.1, -0.05) is 41.1 Å². The molecule has 0 atom stereocenters. The first-order chi connectivity index (χ1) is 9.52. The second-order valence-electron chi connectivity index (χ2n) is 4.58. The Balaban J connectivity index is 2.33. The van der Waals surface area contributed by atoms with Crippen molar-refractivity contribution in [3.05, 3.63) is 57.6 Å². The number of aryl methyl sites for hydroxylation is 2. The number of nitrogens with one attached hydrogen (secondary N) is 1. The summed E-state index contributed by atoms with van der Waals surface area (Å²) >= 11 is 3.25. The lowest BCUT2D eigenvalue weighted by atomic mass is 10.1. The first-order valence-corrected chi connectivity index (χ1v) is 7.20. The van der Waals surface area contributed by atoms with Gasteiger partial charge in [0, 0.05) is 10.2 Å². The summed E-state index contributed by atoms with van der Waals surface area (Å²) in [6.07, 6.45) is 0.837. The van der Waals surface area contributed by atoms with Crippen LogP contribution in [-0.4, -0.2) is 11.0 Å². The highest BCUT2D eigenvalue weighted by Crippen LogP contribution is 2.26. The molecule has 2 N–H and O–H groups in total. The third kappa shape index (κ3) is 3.02. The number of benzene rings is 2. The zero-order valence-electron chi connectivity index (χ0n) is 11.4. The van der Waals surface area contributed by atoms with E-state index in [0.29, 0.717) is 0 Å². The molecular weight excluding hydrogens is 318 g/mol. The van der Waals surface area contributed by atoms with Crippen LogP contribution in [0.25, 0.3) is 0 Å². The Morgan fingerprint density at radius 2 is 2.05 bits per heavy atom. The highest BCUT2D eigenvalue weighted by Gasteiger charge is 2.14. The topological polar surface area (TPSA) is 49.3 Å². The van der Waals surface area contributed by atoms with Gasteiger partial charge in [0.1, 0.15) is 5.75 Å². The monoisotopic (exact) mass is 333 g/mol. The van der Waals surface area contributed by atoms with E-state index in [-0.39, 0.29) is 17.2 Å². The van der Waals surface area contributed by atoms with Crippen molar-refractivity contribution >= 4 is 27.5 Å². The van der Waals surface area contributed by atoms with E-state index in [1.54, 1.807) is 12.1 Å². The number of carbonyl (C=O) groups excluding carboxylic acids is 1. The molecule has 104 valence electrons. The largest absolute Gasteiger partial charge is 0.507 e. The van der Waals surface area contributed by atoms with Crippen LogP contribution in [0.5, 0.6) is 5.75 Å². The zero-order chi connectivity index (χ0) is 14.7. The van der Waals surface area contributed by atoms with Crippen LogP contribution in [-0.2, 0) is 6.42 Å². The molecule has 0 saturated carbocycles. The minimum atomic E-state index is -0.306. The Kier molecular flexibility index (Phi) is 4.45. The van der Waals surface area contributed by atoms with Crippen molar-refractivity contribution in [3.8, 4) is 5.75 Å². The van der Waals surface area contributed by atoms with Crippen LogP contribution in [0.1, 0.15) is 28.4 Å². The average Bonchev–Trinajstić information content (AvgIpc) is 2.40. The van der Waals surface area contributed by atoms with Gasteiger partial charge < -0.3 is 10.4 Å². The normalized spacial score (nSPS) is 10.3. The number of amides is 1. The van der Waals surface area contributed by atoms with Crippen LogP contribution in [0.3, 0.4) is 0 Å². The molecule has 2 aromatic carbocycles. The summed E-state index contributed by atoms with van der Waals surface area (Å²) in [6, 6.07) is 10.8. The Hall–Kier alpha value is -1.81. The molecule has 0 fully saturated rings. The second kappa shape index (κ2) is 6.09. The maximum atomic E-state index is 12.3. The minimum absolute atomic E-state index is 0.0384. The van der Waals surface area contributed by atoms with Gasteiger partial charge >= 0.3 is 0 Å². The molecule has 2 rings (SSSR count). The summed E-state index contributed by atoms with van der Waals surface area (Å²) in [7, 11) is 0. The summed E-state index contributed by atoms with van der Waals surface area (Å²) in [5.41, 5.74) is 3.17. The molecule has 0 aromatic heterocycles. The predicted molar refractivity (Wildman–Crippen MR) is 84.3 cm³/mol. The molecule has 1 amide bonds. The fourth-order valence-electron chi connectivity index (χ4n) is 2.08. The van der Waals surface area contributed by atoms with E-state index >= 15 is 0 Å². The van der Waals surface area contributed by atoms with Crippen molar-refractivity contribution < 1.29 is 9.90 Å². The highest BCUT2D eigenvalue weighted by atomic mass is 79.9. The molecule has 0 aliphatic rings. The summed E-state index contributed by atoms with van der Waals surface area (Å²) in [4.78, 5) is 12.3. The first-order valence-electron chi connectivity index (χ1n) is 6.41. The van der Waals surface area contributed by atoms with Gasteiger partial charge in [-0.3, -0.25) is 4.79 Å². The van der Waals surface area contributed by atoms with Crippen molar-refractivity contribution in [3.63, 3.8) is 0 Å². The second-order valence-corrected chi connectivity index (χ2v) is 5.49. The van der Waals surface area contributed by atoms with Crippen LogP contribution in [0.4, 0.5) is 5.69 Å². The van der Waals surface area contributed by atoms with E-state index < -0.39 is 0 Å². The van der Waals surface area contributed by atoms with Gasteiger partial charge in [-0.25, -0.2) is 0 Å². The Labute approximate surface area is 126 Å². The first kappa shape index (κ1) is 14.6. The van der Waals surface area contributed by atoms with E-state index in [1.807, 2.05) is 32.0 Å². The van der Waals surface area contributed by atoms with E-state index in [2.05, 4.69) is 21.2 Å². The molecule has 0 bridgehead atoms. The molecule has 0 aliphatic carbocycles. The number of rotatable bonds is 3. The lowest BCUT2D eigenvalue weighted by Gasteiger charge is -2.13. The van der Waals surface area contributed by atoms with Crippen molar-refractivity contribution in [1.82, 2.24) is 0 Å². The molecule has 0 heterocycles. The van der Waals surface area contributed by atoms with Crippen molar-refractivity contribution in [2.45, 2.75) is 20.3 Å². The highest BCUT2D eigenvalue weighted by molar-refractivity contribution is 9.10. The standard InChI is InChI=1S/C16H16BrNO2/c1-3-11-6-4-5-10(2)15(11)18-16(20)13-8-7-12(17)9-14(13)19/h4-9,19H,3H2,1-2H3,(H,18,20). The van der Waals surface area contributed by atoms with Crippen LogP contribution in [0.2, 0.25) is 0 Å². The van der Waals surface area contributed by atoms with Crippen molar-refractivity contribution in [1.29, 1.82) is 0 Å². The molecule has 3 nitrogen and oxygen atoms in total. The van der Waals surface area contributed by atoms with Gasteiger partial charge in [0.25, 0.3) is 5.91 Å². The van der Waals surface area contributed by atoms with Crippen LogP contribution >= 0.6 is 15.9 Å². The van der Waals surface area contributed by atoms with Crippen molar-refractivity contribution in [2.75, 3.05) is 5.32 Å². The minimum Gasteiger partial charge on any atom is -0.507 e. The molecule has 0 radical (unpaired) electrons. The van der Waals surface area contributed by atoms with Crippen LogP contribution in [0.15, 0.2) is 40.9 Å². The molecule has 0 unspecified atom stereocenters. The van der Waals surface area contributed by atoms with E-state index in [0.717, 1.165) is 27.7 Å². The number of aromatic hydroxyl groups is 1. The SMILES string of the molecule is CCc1cccc(C)c1NC(=O)c1ccc(Br)cc1O. The molecule has 0 saturated heterocycles. The average molecular weight is 334 g/mol. The zero-order valence-corrected chi connectivity index (χ0v) is 13.0. The molecular formula is C16H16BrNO2. The fourth-order valence-corrected chi connectivity index (χ4v) is 2.43. The van der Waals surface area contributed by atoms with Gasteiger partial charge in [-0.15, -0.1) is 0 Å². The van der Waals surface area contributed by atoms with E-state index in [9.17, 15) is 9.90 Å². The number of phenolic OH excluding ortho intramolecular Hbond substituents is 1. The van der Waals surface area contributed by atoms with Crippen LogP contribution < -0.4 is 5.32 Å². The van der Waals surface area contributed by atoms with Gasteiger partial charge in [0.2, 0.25) is 0 Å². The molecule has 0 aliphatic heterocycles. The Morgan fingerprint density at radius 3 is 2.70 bits per heavy atom. The summed E-state index contributed by atoms with van der Waals surface area (Å²) in [6.45, 7) is 4.00. The predicted octanol–water partition coefficient (Wildman–Crippen LogP) is 4.28. The van der Waals surface area contributed by atoms with E-state index in [4.69, 9.17) is 0 Å². The summed E-state index contributed by atoms with van der Waals surface area (Å²) < 4.78 is 0.733. The fraction of sp³-hybridized carbons (Fsp3) is 0.188. The lowest BCUT2D eigenvalue weighted by molar-refractivity contribution is 0.102. The Bertz CT molecular complexity index is 653. The lowest BCUT2D eigenvalue weighted by Crippen LogP contribution is -2.14. The molecule has 20 heavy (non-hydrogen) atoms. The quantitative estimate of drug-likeness (QED) is 0.880. The third-order valence-corrected chi connectivity index (χ3v) is 3.68. The van der Waals surface area contributed by atoms with E-state index in [1.165, 1.54) is 6.07 Å².